The molecule has 4 aromatic carbocycles. The van der Waals surface area contributed by atoms with Gasteiger partial charge >= 0.3 is 0 Å². The van der Waals surface area contributed by atoms with Crippen LogP contribution < -0.4 is 20.9 Å². The number of carbonyl (C=O) groups is 2. The van der Waals surface area contributed by atoms with Gasteiger partial charge in [-0.15, -0.1) is 0 Å². The Labute approximate surface area is 345 Å². The average Bonchev–Trinajstić information content (AvgIpc) is 3.58. The maximum absolute atomic E-state index is 12.7. The van der Waals surface area contributed by atoms with Crippen molar-refractivity contribution < 1.29 is 19.8 Å². The highest BCUT2D eigenvalue weighted by molar-refractivity contribution is 9.09. The van der Waals surface area contributed by atoms with Crippen LogP contribution in [0.3, 0.4) is 0 Å². The van der Waals surface area contributed by atoms with Crippen LogP contribution in [0.2, 0.25) is 0 Å². The van der Waals surface area contributed by atoms with Crippen LogP contribution in [0, 0.1) is 0 Å². The summed E-state index contributed by atoms with van der Waals surface area (Å²) < 4.78 is 0. The van der Waals surface area contributed by atoms with Crippen LogP contribution in [0.4, 0.5) is 33.7 Å². The molecule has 3 heterocycles. The lowest BCUT2D eigenvalue weighted by atomic mass is 10.1. The summed E-state index contributed by atoms with van der Waals surface area (Å²) in [7, 11) is 4.30. The second-order valence-corrected chi connectivity index (χ2v) is 14.9. The van der Waals surface area contributed by atoms with Crippen molar-refractivity contribution in [2.45, 2.75) is 0 Å². The molecular weight excluding hydrogens is 813 g/mol. The normalized spacial score (nSPS) is 14.3. The van der Waals surface area contributed by atoms with Crippen LogP contribution >= 0.6 is 39.5 Å². The van der Waals surface area contributed by atoms with Crippen molar-refractivity contribution in [1.82, 2.24) is 14.8 Å². The number of aliphatic imine (C=N–C) groups is 1. The number of hydrogen-bond acceptors (Lipinski definition) is 14. The molecular formula is C41H45BrN8O4S2. The number of carbonyl (C=O) groups excluding carboxylic acids is 2. The molecule has 2 saturated heterocycles. The molecule has 0 bridgehead atoms. The monoisotopic (exact) mass is 856 g/mol. The summed E-state index contributed by atoms with van der Waals surface area (Å²) in [6, 6.07) is 28.8. The molecule has 0 atom stereocenters. The SMILES string of the molecule is CN1CCN(c2ccc(N=C=S)cc2)CC1.CN1CCN(c2ccc(Nc3nc(N)c(C(=O)c4cccc(O)c4)s3)cc2)CC1.O=C(CBr)c1cccc(O)c1. The number of aromatic nitrogens is 1. The Morgan fingerprint density at radius 1 is 0.804 bits per heavy atom. The number of isothiocyanates is 1. The van der Waals surface area contributed by atoms with Crippen LogP contribution in [0.5, 0.6) is 11.5 Å². The van der Waals surface area contributed by atoms with Gasteiger partial charge in [-0.3, -0.25) is 9.59 Å². The number of likely N-dealkylation sites (N-methyl/N-ethyl adjacent to an activating group) is 2. The van der Waals surface area contributed by atoms with Gasteiger partial charge in [0.05, 0.1) is 16.2 Å². The predicted molar refractivity (Wildman–Crippen MR) is 235 cm³/mol. The molecule has 2 aliphatic rings. The number of anilines is 5. The van der Waals surface area contributed by atoms with Gasteiger partial charge in [0.15, 0.2) is 10.9 Å². The number of halogens is 1. The predicted octanol–water partition coefficient (Wildman–Crippen LogP) is 7.30. The van der Waals surface area contributed by atoms with Gasteiger partial charge < -0.3 is 40.9 Å². The lowest BCUT2D eigenvalue weighted by Gasteiger charge is -2.34. The minimum absolute atomic E-state index is 0.0269. The highest BCUT2D eigenvalue weighted by atomic mass is 79.9. The summed E-state index contributed by atoms with van der Waals surface area (Å²) in [6.45, 7) is 8.60. The smallest absolute Gasteiger partial charge is 0.206 e. The Hall–Kier alpha value is -5.15. The minimum Gasteiger partial charge on any atom is -0.508 e. The number of alkyl halides is 1. The number of nitrogen functional groups attached to an aromatic ring is 1. The fourth-order valence-corrected chi connectivity index (χ4v) is 7.18. The van der Waals surface area contributed by atoms with E-state index in [1.807, 2.05) is 24.3 Å². The third-order valence-electron chi connectivity index (χ3n) is 9.14. The molecule has 0 unspecified atom stereocenters. The van der Waals surface area contributed by atoms with E-state index in [1.165, 1.54) is 47.0 Å². The largest absolute Gasteiger partial charge is 0.508 e. The Kier molecular flexibility index (Phi) is 15.5. The van der Waals surface area contributed by atoms with Gasteiger partial charge in [0.1, 0.15) is 22.2 Å². The second-order valence-electron chi connectivity index (χ2n) is 13.2. The number of thiazole rings is 1. The number of hydrogen-bond donors (Lipinski definition) is 4. The quantitative estimate of drug-likeness (QED) is 0.0510. The van der Waals surface area contributed by atoms with E-state index in [9.17, 15) is 14.7 Å². The van der Waals surface area contributed by atoms with Gasteiger partial charge in [0, 0.05) is 80.5 Å². The van der Waals surface area contributed by atoms with Gasteiger partial charge in [0.25, 0.3) is 0 Å². The fourth-order valence-electron chi connectivity index (χ4n) is 5.88. The zero-order valence-corrected chi connectivity index (χ0v) is 34.5. The number of ketones is 2. The summed E-state index contributed by atoms with van der Waals surface area (Å²) in [5, 5.41) is 25.0. The first-order chi connectivity index (χ1) is 27.0. The summed E-state index contributed by atoms with van der Waals surface area (Å²) in [5.74, 6) is 0.0599. The van der Waals surface area contributed by atoms with Crippen molar-refractivity contribution in [3.05, 3.63) is 113 Å². The number of nitrogens with one attached hydrogen (secondary N) is 1. The zero-order valence-electron chi connectivity index (χ0n) is 31.3. The molecule has 0 saturated carbocycles. The second kappa shape index (κ2) is 20.7. The van der Waals surface area contributed by atoms with Crippen molar-refractivity contribution in [3.8, 4) is 11.5 Å². The number of nitrogens with two attached hydrogens (primary N) is 1. The van der Waals surface area contributed by atoms with Gasteiger partial charge in [-0.05, 0) is 99.1 Å². The van der Waals surface area contributed by atoms with E-state index in [2.05, 4.69) is 107 Å². The van der Waals surface area contributed by atoms with E-state index in [4.69, 9.17) is 10.8 Å². The molecule has 5 aromatic rings. The Bertz CT molecular complexity index is 2110. The highest BCUT2D eigenvalue weighted by Gasteiger charge is 2.19. The molecule has 1 aromatic heterocycles. The van der Waals surface area contributed by atoms with E-state index >= 15 is 0 Å². The molecule has 2 aliphatic heterocycles. The molecule has 15 heteroatoms. The van der Waals surface area contributed by atoms with Crippen molar-refractivity contribution in [2.75, 3.05) is 92.6 Å². The number of thiocarbonyl (C=S) groups is 1. The number of phenolic OH excluding ortho intramolecular Hbond substituents is 2. The summed E-state index contributed by atoms with van der Waals surface area (Å²) in [4.78, 5) is 41.7. The molecule has 56 heavy (non-hydrogen) atoms. The number of phenols is 2. The maximum atomic E-state index is 12.7. The molecule has 0 spiro atoms. The number of benzene rings is 4. The number of aromatic hydroxyl groups is 2. The van der Waals surface area contributed by atoms with Crippen LogP contribution in [0.15, 0.2) is 102 Å². The van der Waals surface area contributed by atoms with E-state index in [0.717, 1.165) is 63.7 Å². The van der Waals surface area contributed by atoms with Crippen LogP contribution in [0.25, 0.3) is 0 Å². The molecule has 12 nitrogen and oxygen atoms in total. The standard InChI is InChI=1S/C21H23N5O2S.C12H15N3S.C8H7BrO2/c1-25-9-11-26(12-10-25)16-7-5-15(6-8-16)23-21-24-20(22)19(29-21)18(28)14-3-2-4-17(27)13-14;1-14-6-8-15(9-7-14)12-4-2-11(3-5-12)13-10-16;9-5-8(11)6-2-1-3-7(10)4-6/h2-8,13,27H,9-12,22H2,1H3,(H,23,24);2-5H,6-9H2,1H3;1-4,10H,5H2. The molecule has 0 radical (unpaired) electrons. The van der Waals surface area contributed by atoms with Gasteiger partial charge in [-0.25, -0.2) is 4.98 Å². The van der Waals surface area contributed by atoms with Gasteiger partial charge in [0.2, 0.25) is 5.78 Å². The van der Waals surface area contributed by atoms with Crippen LogP contribution in [-0.2, 0) is 0 Å². The third-order valence-corrected chi connectivity index (χ3v) is 10.7. The number of Topliss-reactive ketones (excluding diaryl/α,β-unsaturated/α-hetero) is 1. The first kappa shape index (κ1) is 42.0. The van der Waals surface area contributed by atoms with E-state index in [-0.39, 0.29) is 34.2 Å². The molecule has 2 fully saturated rings. The van der Waals surface area contributed by atoms with Gasteiger partial charge in [-0.1, -0.05) is 51.5 Å². The molecule has 292 valence electrons. The Morgan fingerprint density at radius 3 is 1.80 bits per heavy atom. The topological polar surface area (TPSA) is 151 Å². The molecule has 0 amide bonds. The third kappa shape index (κ3) is 12.2. The first-order valence-corrected chi connectivity index (χ1v) is 20.3. The summed E-state index contributed by atoms with van der Waals surface area (Å²) in [6.07, 6.45) is 0. The lowest BCUT2D eigenvalue weighted by Crippen LogP contribution is -2.44. The average molecular weight is 858 g/mol. The van der Waals surface area contributed by atoms with E-state index in [1.54, 1.807) is 24.3 Å². The zero-order chi connectivity index (χ0) is 40.0. The molecule has 0 aliphatic carbocycles. The Balaban J connectivity index is 0.000000185. The van der Waals surface area contributed by atoms with Gasteiger partial charge in [-0.2, -0.15) is 4.99 Å². The van der Waals surface area contributed by atoms with Crippen molar-refractivity contribution in [3.63, 3.8) is 0 Å². The number of rotatable bonds is 9. The molecule has 7 rings (SSSR count). The van der Waals surface area contributed by atoms with Crippen LogP contribution in [0.1, 0.15) is 25.6 Å². The van der Waals surface area contributed by atoms with Crippen LogP contribution in [-0.4, -0.2) is 114 Å². The number of nitrogens with zero attached hydrogens (tertiary/aromatic N) is 6. The Morgan fingerprint density at radius 2 is 1.30 bits per heavy atom. The van der Waals surface area contributed by atoms with Crippen molar-refractivity contribution in [2.24, 2.45) is 4.99 Å². The van der Waals surface area contributed by atoms with Crippen molar-refractivity contribution >= 4 is 89.9 Å². The van der Waals surface area contributed by atoms with E-state index in [0.29, 0.717) is 21.1 Å². The minimum atomic E-state index is -0.255. The summed E-state index contributed by atoms with van der Waals surface area (Å²) in [5.41, 5.74) is 11.1. The van der Waals surface area contributed by atoms with E-state index < -0.39 is 0 Å². The maximum Gasteiger partial charge on any atom is 0.206 e. The molecule has 5 N–H and O–H groups in total. The lowest BCUT2D eigenvalue weighted by molar-refractivity contribution is 0.102. The highest BCUT2D eigenvalue weighted by Crippen LogP contribution is 2.31. The number of piperazine rings is 2. The summed E-state index contributed by atoms with van der Waals surface area (Å²) >= 11 is 8.82. The fraction of sp³-hybridized carbons (Fsp3) is 0.268. The first-order valence-electron chi connectivity index (χ1n) is 17.9. The van der Waals surface area contributed by atoms with Crippen molar-refractivity contribution in [1.29, 1.82) is 0 Å².